The molecule has 0 bridgehead atoms. The van der Waals surface area contributed by atoms with Crippen molar-refractivity contribution in [1.82, 2.24) is 0 Å². The van der Waals surface area contributed by atoms with Gasteiger partial charge in [-0.15, -0.1) is 0 Å². The van der Waals surface area contributed by atoms with Gasteiger partial charge in [0.05, 0.1) is 0 Å². The normalized spacial score (nSPS) is 10.8. The Balaban J connectivity index is 1.91. The highest BCUT2D eigenvalue weighted by molar-refractivity contribution is 6.00. The van der Waals surface area contributed by atoms with Gasteiger partial charge in [0.15, 0.2) is 11.5 Å². The van der Waals surface area contributed by atoms with E-state index in [-0.39, 0.29) is 11.5 Å². The van der Waals surface area contributed by atoms with Crippen molar-refractivity contribution in [1.29, 1.82) is 0 Å². The zero-order valence-electron chi connectivity index (χ0n) is 18.1. The summed E-state index contributed by atoms with van der Waals surface area (Å²) in [6.07, 6.45) is 0.499. The molecule has 0 saturated heterocycles. The van der Waals surface area contributed by atoms with E-state index < -0.39 is 0 Å². The molecule has 0 fully saturated rings. The van der Waals surface area contributed by atoms with Gasteiger partial charge < -0.3 is 10.2 Å². The highest BCUT2D eigenvalue weighted by atomic mass is 16.3. The molecule has 0 saturated carbocycles. The fraction of sp³-hybridized carbons (Fsp3) is 0.0323. The average molecular weight is 429 g/mol. The molecule has 0 aliphatic heterocycles. The van der Waals surface area contributed by atoms with E-state index in [0.29, 0.717) is 17.5 Å². The molecule has 0 radical (unpaired) electrons. The van der Waals surface area contributed by atoms with Crippen LogP contribution in [0.15, 0.2) is 121 Å². The molecular weight excluding hydrogens is 404 g/mol. The first kappa shape index (κ1) is 20.6. The molecule has 0 amide bonds. The molecular formula is C31H24O2. The summed E-state index contributed by atoms with van der Waals surface area (Å²) in [6, 6.07) is 40.0. The SMILES string of the molecule is Oc1c(O)c(-c2ccccc2)c(-c2ccccc2)c(-c2ccccc2)c1Cc1ccccc1. The van der Waals surface area contributed by atoms with Crippen LogP contribution < -0.4 is 0 Å². The maximum atomic E-state index is 11.4. The molecule has 5 aromatic carbocycles. The van der Waals surface area contributed by atoms with Gasteiger partial charge in [-0.2, -0.15) is 0 Å². The van der Waals surface area contributed by atoms with Crippen LogP contribution in [0.25, 0.3) is 33.4 Å². The second kappa shape index (κ2) is 9.05. The van der Waals surface area contributed by atoms with E-state index in [4.69, 9.17) is 0 Å². The zero-order valence-corrected chi connectivity index (χ0v) is 18.1. The molecule has 5 aromatic rings. The monoisotopic (exact) mass is 428 g/mol. The summed E-state index contributed by atoms with van der Waals surface area (Å²) in [5.41, 5.74) is 7.09. The van der Waals surface area contributed by atoms with Crippen LogP contribution in [0.5, 0.6) is 11.5 Å². The van der Waals surface area contributed by atoms with E-state index in [1.54, 1.807) is 0 Å². The first-order chi connectivity index (χ1) is 16.2. The quantitative estimate of drug-likeness (QED) is 0.282. The van der Waals surface area contributed by atoms with Crippen molar-refractivity contribution in [2.24, 2.45) is 0 Å². The number of hydrogen-bond acceptors (Lipinski definition) is 2. The Hall–Kier alpha value is -4.30. The van der Waals surface area contributed by atoms with Crippen molar-refractivity contribution in [2.75, 3.05) is 0 Å². The minimum Gasteiger partial charge on any atom is -0.504 e. The molecule has 33 heavy (non-hydrogen) atoms. The minimum atomic E-state index is -0.0920. The van der Waals surface area contributed by atoms with Crippen LogP contribution in [-0.4, -0.2) is 10.2 Å². The van der Waals surface area contributed by atoms with Gasteiger partial charge in [0.1, 0.15) is 0 Å². The fourth-order valence-corrected chi connectivity index (χ4v) is 4.45. The van der Waals surface area contributed by atoms with Gasteiger partial charge >= 0.3 is 0 Å². The number of rotatable bonds is 5. The third kappa shape index (κ3) is 3.99. The largest absolute Gasteiger partial charge is 0.504 e. The molecule has 160 valence electrons. The molecule has 0 unspecified atom stereocenters. The summed E-state index contributed by atoms with van der Waals surface area (Å²) in [5, 5.41) is 22.7. The molecule has 0 heterocycles. The van der Waals surface area contributed by atoms with Gasteiger partial charge in [0.25, 0.3) is 0 Å². The van der Waals surface area contributed by atoms with Crippen LogP contribution in [0.1, 0.15) is 11.1 Å². The lowest BCUT2D eigenvalue weighted by Crippen LogP contribution is -2.00. The summed E-state index contributed by atoms with van der Waals surface area (Å²) in [4.78, 5) is 0. The van der Waals surface area contributed by atoms with Crippen LogP contribution in [0.2, 0.25) is 0 Å². The van der Waals surface area contributed by atoms with Crippen LogP contribution in [0.4, 0.5) is 0 Å². The van der Waals surface area contributed by atoms with Crippen molar-refractivity contribution < 1.29 is 10.2 Å². The minimum absolute atomic E-state index is 0.0729. The van der Waals surface area contributed by atoms with Gasteiger partial charge in [-0.05, 0) is 27.8 Å². The third-order valence-corrected chi connectivity index (χ3v) is 5.96. The lowest BCUT2D eigenvalue weighted by molar-refractivity contribution is 0.402. The van der Waals surface area contributed by atoms with Gasteiger partial charge in [0, 0.05) is 23.1 Å². The predicted octanol–water partition coefficient (Wildman–Crippen LogP) is 7.69. The van der Waals surface area contributed by atoms with E-state index in [2.05, 4.69) is 24.3 Å². The summed E-state index contributed by atoms with van der Waals surface area (Å²) >= 11 is 0. The molecule has 5 rings (SSSR count). The summed E-state index contributed by atoms with van der Waals surface area (Å²) in [5.74, 6) is -0.165. The molecule has 0 aliphatic carbocycles. The number of phenolic OH excluding ortho intramolecular Hbond substituents is 2. The molecule has 0 aromatic heterocycles. The van der Waals surface area contributed by atoms with Crippen LogP contribution >= 0.6 is 0 Å². The number of phenols is 2. The number of aromatic hydroxyl groups is 2. The summed E-state index contributed by atoms with van der Waals surface area (Å²) in [7, 11) is 0. The number of hydrogen-bond donors (Lipinski definition) is 2. The molecule has 2 N–H and O–H groups in total. The van der Waals surface area contributed by atoms with Gasteiger partial charge in [-0.3, -0.25) is 0 Å². The lowest BCUT2D eigenvalue weighted by Gasteiger charge is -2.23. The standard InChI is InChI=1S/C31H24O2/c32-30-26(21-22-13-5-1-6-14-22)27(23-15-7-2-8-16-23)28(24-17-9-3-10-18-24)29(31(30)33)25-19-11-4-12-20-25/h1-20,32-33H,21H2. The Kier molecular flexibility index (Phi) is 5.65. The molecule has 2 heteroatoms. The predicted molar refractivity (Wildman–Crippen MR) is 135 cm³/mol. The smallest absolute Gasteiger partial charge is 0.166 e. The topological polar surface area (TPSA) is 40.5 Å². The van der Waals surface area contributed by atoms with Crippen molar-refractivity contribution in [3.05, 3.63) is 132 Å². The molecule has 0 spiro atoms. The van der Waals surface area contributed by atoms with Gasteiger partial charge in [-0.1, -0.05) is 121 Å². The fourth-order valence-electron chi connectivity index (χ4n) is 4.45. The lowest BCUT2D eigenvalue weighted by atomic mass is 9.82. The highest BCUT2D eigenvalue weighted by Crippen LogP contribution is 2.52. The second-order valence-electron chi connectivity index (χ2n) is 8.06. The summed E-state index contributed by atoms with van der Waals surface area (Å²) in [6.45, 7) is 0. The first-order valence-corrected chi connectivity index (χ1v) is 11.0. The van der Waals surface area contributed by atoms with E-state index >= 15 is 0 Å². The second-order valence-corrected chi connectivity index (χ2v) is 8.06. The van der Waals surface area contributed by atoms with Crippen molar-refractivity contribution in [2.45, 2.75) is 6.42 Å². The first-order valence-electron chi connectivity index (χ1n) is 11.0. The Morgan fingerprint density at radius 2 is 0.788 bits per heavy atom. The molecule has 2 nitrogen and oxygen atoms in total. The van der Waals surface area contributed by atoms with Crippen molar-refractivity contribution >= 4 is 0 Å². The molecule has 0 atom stereocenters. The van der Waals surface area contributed by atoms with Gasteiger partial charge in [-0.25, -0.2) is 0 Å². The van der Waals surface area contributed by atoms with Gasteiger partial charge in [0.2, 0.25) is 0 Å². The van der Waals surface area contributed by atoms with E-state index in [0.717, 1.165) is 33.4 Å². The number of benzene rings is 5. The van der Waals surface area contributed by atoms with Crippen LogP contribution in [-0.2, 0) is 6.42 Å². The Morgan fingerprint density at radius 3 is 1.27 bits per heavy atom. The Morgan fingerprint density at radius 1 is 0.394 bits per heavy atom. The highest BCUT2D eigenvalue weighted by Gasteiger charge is 2.26. The van der Waals surface area contributed by atoms with Crippen LogP contribution in [0, 0.1) is 0 Å². The zero-order chi connectivity index (χ0) is 22.6. The van der Waals surface area contributed by atoms with E-state index in [1.165, 1.54) is 0 Å². The summed E-state index contributed by atoms with van der Waals surface area (Å²) < 4.78 is 0. The van der Waals surface area contributed by atoms with E-state index in [1.807, 2.05) is 97.1 Å². The Labute approximate surface area is 194 Å². The average Bonchev–Trinajstić information content (AvgIpc) is 2.89. The van der Waals surface area contributed by atoms with E-state index in [9.17, 15) is 10.2 Å². The van der Waals surface area contributed by atoms with Crippen molar-refractivity contribution in [3.63, 3.8) is 0 Å². The Bertz CT molecular complexity index is 1360. The molecule has 0 aliphatic rings. The maximum absolute atomic E-state index is 11.4. The van der Waals surface area contributed by atoms with Crippen molar-refractivity contribution in [3.8, 4) is 44.9 Å². The maximum Gasteiger partial charge on any atom is 0.166 e. The third-order valence-electron chi connectivity index (χ3n) is 5.96. The van der Waals surface area contributed by atoms with Crippen LogP contribution in [0.3, 0.4) is 0 Å².